The Morgan fingerprint density at radius 3 is 2.41 bits per heavy atom. The zero-order valence-electron chi connectivity index (χ0n) is 8.52. The number of carboxylic acids is 1. The first-order chi connectivity index (χ1) is 8.08. The van der Waals surface area contributed by atoms with Gasteiger partial charge in [0.05, 0.1) is 5.56 Å². The Balaban J connectivity index is 2.58. The Bertz CT molecular complexity index is 567. The Labute approximate surface area is 108 Å². The summed E-state index contributed by atoms with van der Waals surface area (Å²) >= 11 is 11.5. The maximum atomic E-state index is 11.1. The van der Waals surface area contributed by atoms with Crippen molar-refractivity contribution in [3.63, 3.8) is 0 Å². The Morgan fingerprint density at radius 2 is 1.82 bits per heavy atom. The standard InChI is InChI=1S/C12H7Cl2NO2/c13-8-3-1-7(2-4-8)10-6-15-11(14)5-9(10)12(16)17/h1-6H,(H,16,17). The summed E-state index contributed by atoms with van der Waals surface area (Å²) in [6, 6.07) is 8.18. The minimum absolute atomic E-state index is 0.118. The van der Waals surface area contributed by atoms with Crippen molar-refractivity contribution in [2.45, 2.75) is 0 Å². The molecule has 0 saturated heterocycles. The zero-order valence-corrected chi connectivity index (χ0v) is 10.0. The summed E-state index contributed by atoms with van der Waals surface area (Å²) in [5.74, 6) is -1.04. The lowest BCUT2D eigenvalue weighted by atomic mass is 10.0. The zero-order chi connectivity index (χ0) is 12.4. The molecule has 0 bridgehead atoms. The molecular weight excluding hydrogens is 261 g/mol. The number of carbonyl (C=O) groups is 1. The van der Waals surface area contributed by atoms with E-state index >= 15 is 0 Å². The predicted octanol–water partition coefficient (Wildman–Crippen LogP) is 3.75. The van der Waals surface area contributed by atoms with Crippen molar-refractivity contribution in [2.24, 2.45) is 0 Å². The van der Waals surface area contributed by atoms with Crippen LogP contribution >= 0.6 is 23.2 Å². The SMILES string of the molecule is O=C(O)c1cc(Cl)ncc1-c1ccc(Cl)cc1. The largest absolute Gasteiger partial charge is 0.478 e. The van der Waals surface area contributed by atoms with E-state index in [4.69, 9.17) is 28.3 Å². The Hall–Kier alpha value is -1.58. The monoisotopic (exact) mass is 267 g/mol. The third-order valence-corrected chi connectivity index (χ3v) is 2.71. The molecule has 0 aliphatic heterocycles. The maximum absolute atomic E-state index is 11.1. The van der Waals surface area contributed by atoms with Crippen molar-refractivity contribution in [3.8, 4) is 11.1 Å². The highest BCUT2D eigenvalue weighted by atomic mass is 35.5. The number of benzene rings is 1. The smallest absolute Gasteiger partial charge is 0.336 e. The van der Waals surface area contributed by atoms with Crippen LogP contribution in [-0.2, 0) is 0 Å². The number of aromatic carboxylic acids is 1. The molecule has 0 saturated carbocycles. The highest BCUT2D eigenvalue weighted by Crippen LogP contribution is 2.26. The van der Waals surface area contributed by atoms with Crippen LogP contribution < -0.4 is 0 Å². The van der Waals surface area contributed by atoms with Crippen LogP contribution in [0.15, 0.2) is 36.5 Å². The second-order valence-electron chi connectivity index (χ2n) is 3.36. The topological polar surface area (TPSA) is 50.2 Å². The Morgan fingerprint density at radius 1 is 1.18 bits per heavy atom. The molecule has 0 unspecified atom stereocenters. The fourth-order valence-electron chi connectivity index (χ4n) is 1.47. The van der Waals surface area contributed by atoms with E-state index in [-0.39, 0.29) is 10.7 Å². The Kier molecular flexibility index (Phi) is 3.31. The average molecular weight is 268 g/mol. The van der Waals surface area contributed by atoms with E-state index in [1.165, 1.54) is 12.3 Å². The lowest BCUT2D eigenvalue weighted by Crippen LogP contribution is -2.00. The van der Waals surface area contributed by atoms with Crippen LogP contribution in [0.4, 0.5) is 0 Å². The normalized spacial score (nSPS) is 10.2. The lowest BCUT2D eigenvalue weighted by Gasteiger charge is -2.06. The summed E-state index contributed by atoms with van der Waals surface area (Å²) in [7, 11) is 0. The van der Waals surface area contributed by atoms with Crippen LogP contribution in [0.5, 0.6) is 0 Å². The lowest BCUT2D eigenvalue weighted by molar-refractivity contribution is 0.0697. The van der Waals surface area contributed by atoms with E-state index in [2.05, 4.69) is 4.98 Å². The quantitative estimate of drug-likeness (QED) is 0.844. The van der Waals surface area contributed by atoms with Gasteiger partial charge >= 0.3 is 5.97 Å². The molecule has 86 valence electrons. The second-order valence-corrected chi connectivity index (χ2v) is 4.19. The van der Waals surface area contributed by atoms with E-state index in [0.717, 1.165) is 5.56 Å². The first-order valence-corrected chi connectivity index (χ1v) is 5.48. The molecule has 2 aromatic rings. The summed E-state index contributed by atoms with van der Waals surface area (Å²) in [5, 5.41) is 9.84. The van der Waals surface area contributed by atoms with Gasteiger partial charge < -0.3 is 5.11 Å². The number of hydrogen-bond donors (Lipinski definition) is 1. The molecule has 1 heterocycles. The molecule has 0 atom stereocenters. The predicted molar refractivity (Wildman–Crippen MR) is 66.7 cm³/mol. The van der Waals surface area contributed by atoms with Gasteiger partial charge in [0, 0.05) is 16.8 Å². The number of hydrogen-bond acceptors (Lipinski definition) is 2. The number of nitrogens with zero attached hydrogens (tertiary/aromatic N) is 1. The summed E-state index contributed by atoms with van der Waals surface area (Å²) in [6.07, 6.45) is 1.44. The third-order valence-electron chi connectivity index (χ3n) is 2.26. The molecular formula is C12H7Cl2NO2. The van der Waals surface area contributed by atoms with E-state index < -0.39 is 5.97 Å². The molecule has 0 radical (unpaired) electrons. The second kappa shape index (κ2) is 4.73. The van der Waals surface area contributed by atoms with Gasteiger partial charge in [-0.05, 0) is 23.8 Å². The van der Waals surface area contributed by atoms with Crippen LogP contribution in [0, 0.1) is 0 Å². The van der Waals surface area contributed by atoms with Crippen molar-refractivity contribution in [2.75, 3.05) is 0 Å². The van der Waals surface area contributed by atoms with Crippen LogP contribution in [0.3, 0.4) is 0 Å². The molecule has 5 heteroatoms. The van der Waals surface area contributed by atoms with Gasteiger partial charge in [-0.1, -0.05) is 35.3 Å². The van der Waals surface area contributed by atoms with Crippen LogP contribution in [-0.4, -0.2) is 16.1 Å². The van der Waals surface area contributed by atoms with Gasteiger partial charge in [-0.3, -0.25) is 0 Å². The number of aromatic nitrogens is 1. The van der Waals surface area contributed by atoms with E-state index in [9.17, 15) is 4.79 Å². The number of rotatable bonds is 2. The third kappa shape index (κ3) is 2.57. The molecule has 2 rings (SSSR count). The molecule has 0 amide bonds. The first kappa shape index (κ1) is 11.9. The number of carboxylic acid groups (broad SMARTS) is 1. The average Bonchev–Trinajstić information content (AvgIpc) is 2.30. The van der Waals surface area contributed by atoms with Crippen molar-refractivity contribution < 1.29 is 9.90 Å². The van der Waals surface area contributed by atoms with E-state index in [1.54, 1.807) is 24.3 Å². The van der Waals surface area contributed by atoms with E-state index in [1.807, 2.05) is 0 Å². The molecule has 17 heavy (non-hydrogen) atoms. The van der Waals surface area contributed by atoms with Gasteiger partial charge in [-0.15, -0.1) is 0 Å². The van der Waals surface area contributed by atoms with Gasteiger partial charge in [-0.25, -0.2) is 9.78 Å². The molecule has 0 aliphatic rings. The summed E-state index contributed by atoms with van der Waals surface area (Å²) in [6.45, 7) is 0. The molecule has 3 nitrogen and oxygen atoms in total. The highest BCUT2D eigenvalue weighted by molar-refractivity contribution is 6.30. The van der Waals surface area contributed by atoms with Crippen molar-refractivity contribution in [1.29, 1.82) is 0 Å². The minimum Gasteiger partial charge on any atom is -0.478 e. The summed E-state index contributed by atoms with van der Waals surface area (Å²) < 4.78 is 0. The van der Waals surface area contributed by atoms with Crippen molar-refractivity contribution >= 4 is 29.2 Å². The molecule has 1 aromatic heterocycles. The van der Waals surface area contributed by atoms with Crippen LogP contribution in [0.25, 0.3) is 11.1 Å². The highest BCUT2D eigenvalue weighted by Gasteiger charge is 2.12. The van der Waals surface area contributed by atoms with Gasteiger partial charge in [-0.2, -0.15) is 0 Å². The first-order valence-electron chi connectivity index (χ1n) is 4.72. The number of pyridine rings is 1. The van der Waals surface area contributed by atoms with E-state index in [0.29, 0.717) is 10.6 Å². The minimum atomic E-state index is -1.04. The fourth-order valence-corrected chi connectivity index (χ4v) is 1.75. The molecule has 1 N–H and O–H groups in total. The fraction of sp³-hybridized carbons (Fsp3) is 0. The van der Waals surface area contributed by atoms with Crippen molar-refractivity contribution in [1.82, 2.24) is 4.98 Å². The van der Waals surface area contributed by atoms with Gasteiger partial charge in [0.25, 0.3) is 0 Å². The summed E-state index contributed by atoms with van der Waals surface area (Å²) in [4.78, 5) is 15.0. The summed E-state index contributed by atoms with van der Waals surface area (Å²) in [5.41, 5.74) is 1.36. The molecule has 0 aliphatic carbocycles. The van der Waals surface area contributed by atoms with Gasteiger partial charge in [0.15, 0.2) is 0 Å². The van der Waals surface area contributed by atoms with Crippen LogP contribution in [0.1, 0.15) is 10.4 Å². The number of halogens is 2. The van der Waals surface area contributed by atoms with Crippen LogP contribution in [0.2, 0.25) is 10.2 Å². The van der Waals surface area contributed by atoms with Crippen molar-refractivity contribution in [3.05, 3.63) is 52.3 Å². The molecule has 1 aromatic carbocycles. The maximum Gasteiger partial charge on any atom is 0.336 e. The molecule has 0 spiro atoms. The van der Waals surface area contributed by atoms with Gasteiger partial charge in [0.1, 0.15) is 5.15 Å². The molecule has 0 fully saturated rings. The van der Waals surface area contributed by atoms with Gasteiger partial charge in [0.2, 0.25) is 0 Å².